The fraction of sp³-hybridized carbons (Fsp3) is 0.562. The molecule has 7 heteroatoms. The maximum atomic E-state index is 12.6. The van der Waals surface area contributed by atoms with Crippen molar-refractivity contribution in [2.24, 2.45) is 5.92 Å². The monoisotopic (exact) mass is 333 g/mol. The SMILES string of the molecule is CSCCC(NC(=O)C1CCNCC1)c1nnc2ccccn12. The quantitative estimate of drug-likeness (QED) is 0.841. The molecule has 2 aromatic rings. The van der Waals surface area contributed by atoms with Crippen LogP contribution >= 0.6 is 11.8 Å². The molecular formula is C16H23N5OS. The first-order valence-electron chi connectivity index (χ1n) is 8.09. The zero-order valence-corrected chi connectivity index (χ0v) is 14.2. The van der Waals surface area contributed by atoms with Gasteiger partial charge >= 0.3 is 0 Å². The van der Waals surface area contributed by atoms with Crippen LogP contribution in [0.25, 0.3) is 5.65 Å². The molecule has 0 radical (unpaired) electrons. The van der Waals surface area contributed by atoms with Crippen molar-refractivity contribution in [3.8, 4) is 0 Å². The Balaban J connectivity index is 1.78. The highest BCUT2D eigenvalue weighted by Gasteiger charge is 2.26. The molecule has 0 aromatic carbocycles. The summed E-state index contributed by atoms with van der Waals surface area (Å²) in [5.74, 6) is 2.04. The lowest BCUT2D eigenvalue weighted by molar-refractivity contribution is -0.126. The van der Waals surface area contributed by atoms with E-state index in [1.54, 1.807) is 11.8 Å². The number of rotatable bonds is 6. The molecule has 6 nitrogen and oxygen atoms in total. The number of pyridine rings is 1. The Hall–Kier alpha value is -1.60. The summed E-state index contributed by atoms with van der Waals surface area (Å²) >= 11 is 1.78. The Morgan fingerprint density at radius 3 is 3.04 bits per heavy atom. The molecule has 1 amide bonds. The Morgan fingerprint density at radius 2 is 2.26 bits per heavy atom. The minimum Gasteiger partial charge on any atom is -0.346 e. The molecule has 1 aliphatic heterocycles. The predicted molar refractivity (Wildman–Crippen MR) is 92.5 cm³/mol. The summed E-state index contributed by atoms with van der Waals surface area (Å²) in [5.41, 5.74) is 0.813. The molecule has 1 aliphatic rings. The van der Waals surface area contributed by atoms with E-state index in [-0.39, 0.29) is 17.9 Å². The van der Waals surface area contributed by atoms with Crippen molar-refractivity contribution < 1.29 is 4.79 Å². The van der Waals surface area contributed by atoms with E-state index >= 15 is 0 Å². The summed E-state index contributed by atoms with van der Waals surface area (Å²) in [6.07, 6.45) is 6.69. The summed E-state index contributed by atoms with van der Waals surface area (Å²) < 4.78 is 1.97. The molecule has 0 aliphatic carbocycles. The van der Waals surface area contributed by atoms with Crippen LogP contribution in [-0.2, 0) is 4.79 Å². The van der Waals surface area contributed by atoms with Gasteiger partial charge in [-0.2, -0.15) is 11.8 Å². The molecule has 1 fully saturated rings. The topological polar surface area (TPSA) is 71.3 Å². The van der Waals surface area contributed by atoms with Crippen molar-refractivity contribution in [2.75, 3.05) is 25.1 Å². The Bertz CT molecular complexity index is 653. The number of thioether (sulfide) groups is 1. The molecule has 3 rings (SSSR count). The van der Waals surface area contributed by atoms with Crippen molar-refractivity contribution in [3.05, 3.63) is 30.2 Å². The van der Waals surface area contributed by atoms with E-state index < -0.39 is 0 Å². The van der Waals surface area contributed by atoms with Crippen LogP contribution in [0.1, 0.15) is 31.1 Å². The minimum absolute atomic E-state index is 0.0952. The van der Waals surface area contributed by atoms with Crippen molar-refractivity contribution in [1.82, 2.24) is 25.2 Å². The van der Waals surface area contributed by atoms with Gasteiger partial charge in [-0.3, -0.25) is 9.20 Å². The number of hydrogen-bond acceptors (Lipinski definition) is 5. The van der Waals surface area contributed by atoms with Gasteiger partial charge < -0.3 is 10.6 Å². The maximum Gasteiger partial charge on any atom is 0.223 e. The van der Waals surface area contributed by atoms with Crippen molar-refractivity contribution in [2.45, 2.75) is 25.3 Å². The van der Waals surface area contributed by atoms with Gasteiger partial charge in [-0.15, -0.1) is 10.2 Å². The molecular weight excluding hydrogens is 310 g/mol. The highest BCUT2D eigenvalue weighted by molar-refractivity contribution is 7.98. The van der Waals surface area contributed by atoms with Gasteiger partial charge in [0.1, 0.15) is 0 Å². The number of fused-ring (bicyclic) bond motifs is 1. The van der Waals surface area contributed by atoms with E-state index in [1.807, 2.05) is 28.8 Å². The largest absolute Gasteiger partial charge is 0.346 e. The second-order valence-corrected chi connectivity index (χ2v) is 6.84. The van der Waals surface area contributed by atoms with E-state index in [0.717, 1.165) is 49.6 Å². The summed E-state index contributed by atoms with van der Waals surface area (Å²) in [4.78, 5) is 12.6. The van der Waals surface area contributed by atoms with Crippen LogP contribution in [0.15, 0.2) is 24.4 Å². The number of carbonyl (C=O) groups is 1. The lowest BCUT2D eigenvalue weighted by Gasteiger charge is -2.24. The third kappa shape index (κ3) is 3.84. The highest BCUT2D eigenvalue weighted by atomic mass is 32.2. The van der Waals surface area contributed by atoms with Crippen LogP contribution in [0.5, 0.6) is 0 Å². The number of carbonyl (C=O) groups excluding carboxylic acids is 1. The third-order valence-corrected chi connectivity index (χ3v) is 4.93. The molecule has 0 saturated carbocycles. The molecule has 2 aromatic heterocycles. The second kappa shape index (κ2) is 7.79. The van der Waals surface area contributed by atoms with Crippen LogP contribution < -0.4 is 10.6 Å². The second-order valence-electron chi connectivity index (χ2n) is 5.85. The lowest BCUT2D eigenvalue weighted by atomic mass is 9.96. The number of amides is 1. The Labute approximate surface area is 140 Å². The van der Waals surface area contributed by atoms with Gasteiger partial charge in [0, 0.05) is 12.1 Å². The minimum atomic E-state index is -0.0952. The first kappa shape index (κ1) is 16.3. The molecule has 1 unspecified atom stereocenters. The van der Waals surface area contributed by atoms with Gasteiger partial charge in [-0.1, -0.05) is 6.07 Å². The highest BCUT2D eigenvalue weighted by Crippen LogP contribution is 2.20. The fourth-order valence-corrected chi connectivity index (χ4v) is 3.44. The predicted octanol–water partition coefficient (Wildman–Crippen LogP) is 1.64. The zero-order valence-electron chi connectivity index (χ0n) is 13.4. The van der Waals surface area contributed by atoms with Crippen molar-refractivity contribution in [1.29, 1.82) is 0 Å². The van der Waals surface area contributed by atoms with E-state index in [2.05, 4.69) is 27.1 Å². The molecule has 124 valence electrons. The number of aromatic nitrogens is 3. The molecule has 2 N–H and O–H groups in total. The number of hydrogen-bond donors (Lipinski definition) is 2. The normalized spacial score (nSPS) is 17.3. The van der Waals surface area contributed by atoms with Crippen LogP contribution in [-0.4, -0.2) is 45.6 Å². The maximum absolute atomic E-state index is 12.6. The van der Waals surface area contributed by atoms with Crippen molar-refractivity contribution in [3.63, 3.8) is 0 Å². The Kier molecular flexibility index (Phi) is 5.51. The average Bonchev–Trinajstić information content (AvgIpc) is 3.03. The van der Waals surface area contributed by atoms with Crippen LogP contribution in [0, 0.1) is 5.92 Å². The molecule has 1 saturated heterocycles. The number of nitrogens with one attached hydrogen (secondary N) is 2. The standard InChI is InChI=1S/C16H23N5OS/c1-23-11-7-13(18-16(22)12-5-8-17-9-6-12)15-20-19-14-4-2-3-10-21(14)15/h2-4,10,12-13,17H,5-9,11H2,1H3,(H,18,22). The molecule has 1 atom stereocenters. The summed E-state index contributed by atoms with van der Waals surface area (Å²) in [6, 6.07) is 5.73. The van der Waals surface area contributed by atoms with Gasteiger partial charge in [-0.05, 0) is 56.5 Å². The zero-order chi connectivity index (χ0) is 16.1. The van der Waals surface area contributed by atoms with E-state index in [9.17, 15) is 4.79 Å². The molecule has 0 spiro atoms. The fourth-order valence-electron chi connectivity index (χ4n) is 2.97. The summed E-state index contributed by atoms with van der Waals surface area (Å²) in [5, 5.41) is 15.0. The third-order valence-electron chi connectivity index (χ3n) is 4.29. The van der Waals surface area contributed by atoms with Gasteiger partial charge in [0.2, 0.25) is 5.91 Å². The summed E-state index contributed by atoms with van der Waals surface area (Å²) in [7, 11) is 0. The van der Waals surface area contributed by atoms with Crippen molar-refractivity contribution >= 4 is 23.3 Å². The lowest BCUT2D eigenvalue weighted by Crippen LogP contribution is -2.40. The van der Waals surface area contributed by atoms with Gasteiger partial charge in [0.25, 0.3) is 0 Å². The van der Waals surface area contributed by atoms with E-state index in [4.69, 9.17) is 0 Å². The van der Waals surface area contributed by atoms with Crippen LogP contribution in [0.2, 0.25) is 0 Å². The average molecular weight is 333 g/mol. The molecule has 3 heterocycles. The number of piperidine rings is 1. The molecule has 23 heavy (non-hydrogen) atoms. The Morgan fingerprint density at radius 1 is 1.43 bits per heavy atom. The van der Waals surface area contributed by atoms with Crippen LogP contribution in [0.4, 0.5) is 0 Å². The van der Waals surface area contributed by atoms with Gasteiger partial charge in [-0.25, -0.2) is 0 Å². The first-order chi connectivity index (χ1) is 11.3. The van der Waals surface area contributed by atoms with E-state index in [1.165, 1.54) is 0 Å². The van der Waals surface area contributed by atoms with Gasteiger partial charge in [0.05, 0.1) is 6.04 Å². The van der Waals surface area contributed by atoms with E-state index in [0.29, 0.717) is 0 Å². The summed E-state index contributed by atoms with van der Waals surface area (Å²) in [6.45, 7) is 1.84. The first-order valence-corrected chi connectivity index (χ1v) is 9.48. The smallest absolute Gasteiger partial charge is 0.223 e. The number of nitrogens with zero attached hydrogens (tertiary/aromatic N) is 3. The van der Waals surface area contributed by atoms with Gasteiger partial charge in [0.15, 0.2) is 11.5 Å². The van der Waals surface area contributed by atoms with Crippen LogP contribution in [0.3, 0.4) is 0 Å². The molecule has 0 bridgehead atoms.